The quantitative estimate of drug-likeness (QED) is 0.734. The first kappa shape index (κ1) is 16.0. The van der Waals surface area contributed by atoms with Crippen molar-refractivity contribution < 1.29 is 14.7 Å². The Kier molecular flexibility index (Phi) is 6.90. The van der Waals surface area contributed by atoms with E-state index in [9.17, 15) is 9.59 Å². The molecule has 1 rings (SSSR count). The first-order valence-electron chi connectivity index (χ1n) is 5.79. The largest absolute Gasteiger partial charge is 0.480 e. The molecule has 0 radical (unpaired) electrons. The average molecular weight is 302 g/mol. The maximum atomic E-state index is 12.0. The zero-order chi connectivity index (χ0) is 14.3. The Morgan fingerprint density at radius 1 is 1.37 bits per heavy atom. The van der Waals surface area contributed by atoms with Gasteiger partial charge in [-0.2, -0.15) is 0 Å². The Labute approximate surface area is 121 Å². The van der Waals surface area contributed by atoms with Crippen molar-refractivity contribution in [2.75, 3.05) is 39.5 Å². The van der Waals surface area contributed by atoms with Gasteiger partial charge in [0.1, 0.15) is 6.54 Å². The molecule has 1 amide bonds. The Morgan fingerprint density at radius 3 is 2.63 bits per heavy atom. The molecule has 1 heterocycles. The van der Waals surface area contributed by atoms with Gasteiger partial charge in [-0.15, -0.1) is 23.1 Å². The molecule has 106 valence electrons. The van der Waals surface area contributed by atoms with Crippen LogP contribution in [0.1, 0.15) is 0 Å². The Morgan fingerprint density at radius 2 is 2.11 bits per heavy atom. The number of aliphatic carboxylic acids is 1. The summed E-state index contributed by atoms with van der Waals surface area (Å²) in [5, 5.41) is 10.8. The van der Waals surface area contributed by atoms with Gasteiger partial charge in [-0.25, -0.2) is 0 Å². The van der Waals surface area contributed by atoms with Crippen LogP contribution in [0.2, 0.25) is 0 Å². The van der Waals surface area contributed by atoms with E-state index in [1.54, 1.807) is 11.3 Å². The molecule has 0 aliphatic rings. The van der Waals surface area contributed by atoms with Gasteiger partial charge in [0.25, 0.3) is 0 Å². The van der Waals surface area contributed by atoms with Crippen molar-refractivity contribution in [3.05, 3.63) is 17.5 Å². The molecule has 0 saturated carbocycles. The minimum Gasteiger partial charge on any atom is -0.480 e. The van der Waals surface area contributed by atoms with Crippen LogP contribution in [0.5, 0.6) is 0 Å². The van der Waals surface area contributed by atoms with E-state index in [1.165, 1.54) is 16.7 Å². The van der Waals surface area contributed by atoms with Crippen LogP contribution in [0.3, 0.4) is 0 Å². The number of rotatable bonds is 8. The molecule has 5 nitrogen and oxygen atoms in total. The fourth-order valence-corrected chi connectivity index (χ4v) is 3.03. The molecule has 0 aliphatic heterocycles. The van der Waals surface area contributed by atoms with Gasteiger partial charge in [0.15, 0.2) is 0 Å². The van der Waals surface area contributed by atoms with E-state index in [1.807, 2.05) is 36.5 Å². The minimum absolute atomic E-state index is 0.136. The van der Waals surface area contributed by atoms with Gasteiger partial charge in [-0.05, 0) is 25.5 Å². The van der Waals surface area contributed by atoms with Crippen molar-refractivity contribution >= 4 is 35.0 Å². The van der Waals surface area contributed by atoms with E-state index in [2.05, 4.69) is 0 Å². The van der Waals surface area contributed by atoms with E-state index in [-0.39, 0.29) is 18.2 Å². The highest BCUT2D eigenvalue weighted by atomic mass is 32.2. The maximum absolute atomic E-state index is 12.0. The van der Waals surface area contributed by atoms with Crippen LogP contribution in [0.15, 0.2) is 21.7 Å². The first-order chi connectivity index (χ1) is 8.99. The van der Waals surface area contributed by atoms with Crippen LogP contribution < -0.4 is 0 Å². The molecule has 1 aromatic heterocycles. The van der Waals surface area contributed by atoms with Crippen molar-refractivity contribution in [1.82, 2.24) is 9.80 Å². The van der Waals surface area contributed by atoms with Crippen LogP contribution in [0.25, 0.3) is 0 Å². The Hall–Kier alpha value is -1.05. The molecule has 0 aromatic carbocycles. The second-order valence-electron chi connectivity index (χ2n) is 4.23. The SMILES string of the molecule is CN(C)CCN(CC(=O)O)C(=O)CSc1cccs1. The van der Waals surface area contributed by atoms with Crippen LogP contribution in [0.4, 0.5) is 0 Å². The van der Waals surface area contributed by atoms with Crippen molar-refractivity contribution in [2.24, 2.45) is 0 Å². The first-order valence-corrected chi connectivity index (χ1v) is 7.66. The fraction of sp³-hybridized carbons (Fsp3) is 0.500. The standard InChI is InChI=1S/C12H18N2O3S2/c1-13(2)5-6-14(8-11(16)17)10(15)9-19-12-4-3-7-18-12/h3-4,7H,5-6,8-9H2,1-2H3,(H,16,17). The molecule has 0 bridgehead atoms. The van der Waals surface area contributed by atoms with E-state index in [0.717, 1.165) is 4.21 Å². The molecule has 0 spiro atoms. The lowest BCUT2D eigenvalue weighted by Crippen LogP contribution is -2.40. The summed E-state index contributed by atoms with van der Waals surface area (Å²) in [4.78, 5) is 26.1. The average Bonchev–Trinajstić information content (AvgIpc) is 2.83. The normalized spacial score (nSPS) is 10.7. The summed E-state index contributed by atoms with van der Waals surface area (Å²) in [6.45, 7) is 0.851. The Bertz CT molecular complexity index is 407. The van der Waals surface area contributed by atoms with Gasteiger partial charge >= 0.3 is 5.97 Å². The summed E-state index contributed by atoms with van der Waals surface area (Å²) in [6.07, 6.45) is 0. The minimum atomic E-state index is -0.978. The number of amides is 1. The molecule has 7 heteroatoms. The lowest BCUT2D eigenvalue weighted by Gasteiger charge is -2.22. The third-order valence-corrected chi connectivity index (χ3v) is 4.44. The van der Waals surface area contributed by atoms with Gasteiger partial charge in [0.2, 0.25) is 5.91 Å². The van der Waals surface area contributed by atoms with Crippen molar-refractivity contribution in [3.63, 3.8) is 0 Å². The topological polar surface area (TPSA) is 60.9 Å². The maximum Gasteiger partial charge on any atom is 0.323 e. The number of thiophene rings is 1. The van der Waals surface area contributed by atoms with E-state index < -0.39 is 5.97 Å². The zero-order valence-corrected chi connectivity index (χ0v) is 12.7. The second-order valence-corrected chi connectivity index (χ2v) is 6.46. The van der Waals surface area contributed by atoms with Gasteiger partial charge < -0.3 is 14.9 Å². The molecular formula is C12H18N2O3S2. The van der Waals surface area contributed by atoms with Gasteiger partial charge in [0.05, 0.1) is 9.96 Å². The van der Waals surface area contributed by atoms with Crippen LogP contribution in [-0.2, 0) is 9.59 Å². The summed E-state index contributed by atoms with van der Waals surface area (Å²) in [7, 11) is 3.79. The number of nitrogens with zero attached hydrogens (tertiary/aromatic N) is 2. The Balaban J connectivity index is 2.47. The molecule has 0 saturated heterocycles. The lowest BCUT2D eigenvalue weighted by molar-refractivity contribution is -0.143. The summed E-state index contributed by atoms with van der Waals surface area (Å²) >= 11 is 3.02. The van der Waals surface area contributed by atoms with Crippen molar-refractivity contribution in [2.45, 2.75) is 4.21 Å². The smallest absolute Gasteiger partial charge is 0.323 e. The third kappa shape index (κ3) is 6.60. The number of carbonyl (C=O) groups is 2. The number of likely N-dealkylation sites (N-methyl/N-ethyl adjacent to an activating group) is 1. The van der Waals surface area contributed by atoms with Gasteiger partial charge in [-0.1, -0.05) is 6.07 Å². The second kappa shape index (κ2) is 8.19. The highest BCUT2D eigenvalue weighted by molar-refractivity contribution is 8.01. The number of carbonyl (C=O) groups excluding carboxylic acids is 1. The zero-order valence-electron chi connectivity index (χ0n) is 11.0. The lowest BCUT2D eigenvalue weighted by atomic mass is 10.4. The summed E-state index contributed by atoms with van der Waals surface area (Å²) in [5.41, 5.74) is 0. The molecule has 0 fully saturated rings. The predicted octanol–water partition coefficient (Wildman–Crippen LogP) is 1.32. The van der Waals surface area contributed by atoms with Crippen molar-refractivity contribution in [1.29, 1.82) is 0 Å². The fourth-order valence-electron chi connectivity index (χ4n) is 1.35. The molecule has 19 heavy (non-hydrogen) atoms. The molecular weight excluding hydrogens is 284 g/mol. The van der Waals surface area contributed by atoms with Crippen LogP contribution in [-0.4, -0.2) is 66.3 Å². The number of hydrogen-bond donors (Lipinski definition) is 1. The van der Waals surface area contributed by atoms with E-state index in [4.69, 9.17) is 5.11 Å². The van der Waals surface area contributed by atoms with Crippen molar-refractivity contribution in [3.8, 4) is 0 Å². The monoisotopic (exact) mass is 302 g/mol. The van der Waals surface area contributed by atoms with Gasteiger partial charge in [0, 0.05) is 13.1 Å². The van der Waals surface area contributed by atoms with E-state index >= 15 is 0 Å². The highest BCUT2D eigenvalue weighted by Crippen LogP contribution is 2.23. The summed E-state index contributed by atoms with van der Waals surface area (Å²) in [5.74, 6) is -0.836. The van der Waals surface area contributed by atoms with Crippen LogP contribution in [0, 0.1) is 0 Å². The molecule has 0 unspecified atom stereocenters. The summed E-state index contributed by atoms with van der Waals surface area (Å²) in [6, 6.07) is 3.88. The molecule has 1 aromatic rings. The molecule has 1 N–H and O–H groups in total. The number of thioether (sulfide) groups is 1. The third-order valence-electron chi connectivity index (χ3n) is 2.33. The molecule has 0 atom stereocenters. The van der Waals surface area contributed by atoms with Crippen LogP contribution >= 0.6 is 23.1 Å². The predicted molar refractivity (Wildman–Crippen MR) is 77.8 cm³/mol. The number of carboxylic acid groups (broad SMARTS) is 1. The van der Waals surface area contributed by atoms with E-state index in [0.29, 0.717) is 13.1 Å². The summed E-state index contributed by atoms with van der Waals surface area (Å²) < 4.78 is 1.07. The highest BCUT2D eigenvalue weighted by Gasteiger charge is 2.17. The number of carboxylic acids is 1. The number of hydrogen-bond acceptors (Lipinski definition) is 5. The molecule has 0 aliphatic carbocycles. The van der Waals surface area contributed by atoms with Gasteiger partial charge in [-0.3, -0.25) is 9.59 Å².